The van der Waals surface area contributed by atoms with Gasteiger partial charge in [0.2, 0.25) is 0 Å². The molecule has 0 atom stereocenters. The SMILES string of the molecule is CC(C)(C)C1=CC(=O)c2cc3c4c(ccc3cc2C1=O)O[Si](c1ccccc1)(c1ccccc1)Oc1ccc2ccc3c(c2c1-4)C(=O)C(C(C)(C)C)=CC3=O. The van der Waals surface area contributed by atoms with E-state index < -0.39 is 19.4 Å². The summed E-state index contributed by atoms with van der Waals surface area (Å²) in [5, 5.41) is 4.43. The van der Waals surface area contributed by atoms with Crippen molar-refractivity contribution >= 4 is 63.6 Å². The fourth-order valence-electron chi connectivity index (χ4n) is 8.25. The van der Waals surface area contributed by atoms with E-state index in [1.165, 1.54) is 12.2 Å². The van der Waals surface area contributed by atoms with Gasteiger partial charge in [0.25, 0.3) is 0 Å². The highest BCUT2D eigenvalue weighted by Gasteiger charge is 2.50. The number of allylic oxidation sites excluding steroid dienone is 4. The average molecular weight is 739 g/mol. The Labute approximate surface area is 320 Å². The maximum absolute atomic E-state index is 14.8. The molecule has 0 saturated carbocycles. The van der Waals surface area contributed by atoms with E-state index in [-0.39, 0.29) is 23.1 Å². The zero-order chi connectivity index (χ0) is 38.6. The number of hydrogen-bond donors (Lipinski definition) is 0. The van der Waals surface area contributed by atoms with Crippen molar-refractivity contribution in [2.45, 2.75) is 41.5 Å². The lowest BCUT2D eigenvalue weighted by molar-refractivity contribution is 0.0967. The minimum Gasteiger partial charge on any atom is -0.505 e. The van der Waals surface area contributed by atoms with Crippen molar-refractivity contribution < 1.29 is 28.0 Å². The smallest absolute Gasteiger partial charge is 0.505 e. The lowest BCUT2D eigenvalue weighted by Gasteiger charge is -2.31. The maximum atomic E-state index is 14.8. The molecule has 6 nitrogen and oxygen atoms in total. The lowest BCUT2D eigenvalue weighted by Crippen LogP contribution is -2.68. The summed E-state index contributed by atoms with van der Waals surface area (Å²) in [6.45, 7) is 11.6. The van der Waals surface area contributed by atoms with Crippen LogP contribution in [0.5, 0.6) is 11.5 Å². The monoisotopic (exact) mass is 738 g/mol. The molecule has 3 aliphatic rings. The number of rotatable bonds is 2. The van der Waals surface area contributed by atoms with Gasteiger partial charge >= 0.3 is 8.56 Å². The summed E-state index contributed by atoms with van der Waals surface area (Å²) in [5.74, 6) is 0.0913. The number of ketones is 4. The third-order valence-corrected chi connectivity index (χ3v) is 14.2. The molecule has 6 aromatic rings. The van der Waals surface area contributed by atoms with E-state index in [1.807, 2.05) is 133 Å². The second-order valence-electron chi connectivity index (χ2n) is 16.6. The van der Waals surface area contributed by atoms with Crippen molar-refractivity contribution in [1.82, 2.24) is 0 Å². The summed E-state index contributed by atoms with van der Waals surface area (Å²) in [6, 6.07) is 34.6. The molecule has 1 heterocycles. The van der Waals surface area contributed by atoms with Crippen LogP contribution in [0, 0.1) is 10.8 Å². The predicted molar refractivity (Wildman–Crippen MR) is 218 cm³/mol. The summed E-state index contributed by atoms with van der Waals surface area (Å²) < 4.78 is 14.7. The first-order valence-electron chi connectivity index (χ1n) is 18.5. The van der Waals surface area contributed by atoms with Gasteiger partial charge in [-0.05, 0) is 69.5 Å². The molecular formula is C48H38O6Si. The molecule has 0 saturated heterocycles. The molecular weight excluding hydrogens is 701 g/mol. The number of Topliss-reactive ketones (excluding diaryl/α,β-unsaturated/α-hetero) is 2. The molecule has 0 amide bonds. The Bertz CT molecular complexity index is 2740. The summed E-state index contributed by atoms with van der Waals surface area (Å²) in [6.07, 6.45) is 2.93. The first-order valence-corrected chi connectivity index (χ1v) is 20.3. The molecule has 0 N–H and O–H groups in total. The molecule has 55 heavy (non-hydrogen) atoms. The van der Waals surface area contributed by atoms with E-state index in [0.717, 1.165) is 21.1 Å². The second kappa shape index (κ2) is 11.9. The van der Waals surface area contributed by atoms with Gasteiger partial charge in [0.15, 0.2) is 23.1 Å². The Hall–Kier alpha value is -6.18. The zero-order valence-electron chi connectivity index (χ0n) is 31.5. The minimum absolute atomic E-state index is 0.177. The summed E-state index contributed by atoms with van der Waals surface area (Å²) in [7, 11) is -3.65. The van der Waals surface area contributed by atoms with Crippen LogP contribution in [-0.4, -0.2) is 31.7 Å². The number of hydrogen-bond acceptors (Lipinski definition) is 6. The molecule has 0 radical (unpaired) electrons. The molecule has 0 bridgehead atoms. The van der Waals surface area contributed by atoms with Gasteiger partial charge in [-0.2, -0.15) is 0 Å². The van der Waals surface area contributed by atoms with E-state index in [1.54, 1.807) is 18.2 Å². The highest BCUT2D eigenvalue weighted by Crippen LogP contribution is 2.51. The van der Waals surface area contributed by atoms with Crippen LogP contribution in [0.1, 0.15) is 83.0 Å². The van der Waals surface area contributed by atoms with Crippen LogP contribution in [0.3, 0.4) is 0 Å². The van der Waals surface area contributed by atoms with E-state index in [2.05, 4.69) is 0 Å². The van der Waals surface area contributed by atoms with Crippen LogP contribution in [-0.2, 0) is 0 Å². The largest absolute Gasteiger partial charge is 0.531 e. The van der Waals surface area contributed by atoms with Crippen LogP contribution >= 0.6 is 0 Å². The van der Waals surface area contributed by atoms with Crippen molar-refractivity contribution in [2.75, 3.05) is 0 Å². The van der Waals surface area contributed by atoms with Gasteiger partial charge < -0.3 is 8.85 Å². The van der Waals surface area contributed by atoms with Crippen molar-refractivity contribution in [1.29, 1.82) is 0 Å². The van der Waals surface area contributed by atoms with Gasteiger partial charge in [0, 0.05) is 60.3 Å². The zero-order valence-corrected chi connectivity index (χ0v) is 32.5. The molecule has 0 aromatic heterocycles. The number of fused-ring (bicyclic) bond motifs is 10. The Morgan fingerprint density at radius 2 is 0.982 bits per heavy atom. The van der Waals surface area contributed by atoms with Crippen molar-refractivity contribution in [3.05, 3.63) is 155 Å². The predicted octanol–water partition coefficient (Wildman–Crippen LogP) is 9.39. The first-order chi connectivity index (χ1) is 26.2. The van der Waals surface area contributed by atoms with E-state index in [4.69, 9.17) is 8.85 Å². The summed E-state index contributed by atoms with van der Waals surface area (Å²) in [5.41, 5.74) is 2.26. The fourth-order valence-corrected chi connectivity index (χ4v) is 11.3. The Morgan fingerprint density at radius 1 is 0.473 bits per heavy atom. The molecule has 0 spiro atoms. The Kier molecular flexibility index (Phi) is 7.49. The maximum Gasteiger partial charge on any atom is 0.531 e. The summed E-state index contributed by atoms with van der Waals surface area (Å²) >= 11 is 0. The van der Waals surface area contributed by atoms with E-state index >= 15 is 0 Å². The topological polar surface area (TPSA) is 86.7 Å². The fraction of sp³-hybridized carbons (Fsp3) is 0.167. The highest BCUT2D eigenvalue weighted by molar-refractivity contribution is 6.93. The van der Waals surface area contributed by atoms with Gasteiger partial charge in [0.1, 0.15) is 11.5 Å². The Balaban J connectivity index is 1.44. The molecule has 0 fully saturated rings. The first kappa shape index (κ1) is 34.6. The molecule has 1 aliphatic heterocycles. The highest BCUT2D eigenvalue weighted by atomic mass is 28.4. The molecule has 270 valence electrons. The van der Waals surface area contributed by atoms with Crippen molar-refractivity contribution in [2.24, 2.45) is 10.8 Å². The van der Waals surface area contributed by atoms with Gasteiger partial charge in [-0.3, -0.25) is 19.2 Å². The van der Waals surface area contributed by atoms with Crippen molar-refractivity contribution in [3.8, 4) is 22.6 Å². The molecule has 6 aromatic carbocycles. The third-order valence-electron chi connectivity index (χ3n) is 11.0. The quantitative estimate of drug-likeness (QED) is 0.165. The van der Waals surface area contributed by atoms with Crippen LogP contribution in [0.15, 0.2) is 132 Å². The molecule has 0 unspecified atom stereocenters. The molecule has 2 aliphatic carbocycles. The van der Waals surface area contributed by atoms with Crippen LogP contribution in [0.4, 0.5) is 0 Å². The van der Waals surface area contributed by atoms with Gasteiger partial charge in [-0.25, -0.2) is 0 Å². The lowest BCUT2D eigenvalue weighted by atomic mass is 9.74. The second-order valence-corrected chi connectivity index (χ2v) is 19.4. The number of carbonyl (C=O) groups is 4. The van der Waals surface area contributed by atoms with Crippen LogP contribution < -0.4 is 19.2 Å². The van der Waals surface area contributed by atoms with E-state index in [9.17, 15) is 19.2 Å². The third kappa shape index (κ3) is 5.21. The van der Waals surface area contributed by atoms with Gasteiger partial charge in [-0.15, -0.1) is 0 Å². The van der Waals surface area contributed by atoms with Crippen molar-refractivity contribution in [3.63, 3.8) is 0 Å². The summed E-state index contributed by atoms with van der Waals surface area (Å²) in [4.78, 5) is 56.5. The standard InChI is InChI=1S/C48H38O6Si/c1-47(2,3)35-25-38(50)33-24-32-28(23-34(33)45(35)51)19-22-39-42(32)44-40(54-55(53-39,29-13-9-7-10-14-29)30-15-11-8-12-16-30)21-18-27-17-20-31-37(49)26-36(48(4,5)6)46(52)43(31)41(27)44/h7-26H,1-6H3. The minimum atomic E-state index is -3.65. The van der Waals surface area contributed by atoms with Gasteiger partial charge in [-0.1, -0.05) is 120 Å². The number of benzene rings is 6. The van der Waals surface area contributed by atoms with Crippen LogP contribution in [0.2, 0.25) is 0 Å². The van der Waals surface area contributed by atoms with E-state index in [0.29, 0.717) is 66.8 Å². The van der Waals surface area contributed by atoms with Crippen LogP contribution in [0.25, 0.3) is 32.7 Å². The number of carbonyl (C=O) groups excluding carboxylic acids is 4. The molecule has 7 heteroatoms. The normalized spacial score (nSPS) is 16.3. The average Bonchev–Trinajstić information content (AvgIpc) is 3.32. The molecule has 9 rings (SSSR count). The van der Waals surface area contributed by atoms with Gasteiger partial charge in [0.05, 0.1) is 0 Å². The Morgan fingerprint density at radius 3 is 1.56 bits per heavy atom.